The molecule has 0 saturated heterocycles. The van der Waals surface area contributed by atoms with E-state index in [0.29, 0.717) is 0 Å². The van der Waals surface area contributed by atoms with Gasteiger partial charge in [0, 0.05) is 29.4 Å². The number of benzene rings is 3. The van der Waals surface area contributed by atoms with Gasteiger partial charge in [-0.3, -0.25) is 10.6 Å². The molecule has 3 aromatic carbocycles. The monoisotopic (exact) mass is 504 g/mol. The van der Waals surface area contributed by atoms with Crippen LogP contribution in [0, 0.1) is 0 Å². The summed E-state index contributed by atoms with van der Waals surface area (Å²) in [5.74, 6) is -1.14. The Labute approximate surface area is 214 Å². The number of carbonyl (C=O) groups is 3. The second kappa shape index (κ2) is 10.6. The molecular formula is C28H28N2O7. The number of anilines is 2. The normalized spacial score (nSPS) is 12.2. The number of aliphatic carboxylic acids is 1. The van der Waals surface area contributed by atoms with E-state index in [-0.39, 0.29) is 29.6 Å². The minimum absolute atomic E-state index is 0.104. The fraction of sp³-hybridized carbons (Fsp3) is 0.250. The lowest BCUT2D eigenvalue weighted by atomic mass is 9.98. The van der Waals surface area contributed by atoms with Gasteiger partial charge in [-0.25, -0.2) is 14.4 Å². The SMILES string of the molecule is CC(C)(C)OC(=O)Nc1cc(NC(=O)OCC2c3ccccc3-c3ccccc32)cc(OCC(=O)O)c1. The minimum Gasteiger partial charge on any atom is -0.482 e. The fourth-order valence-electron chi connectivity index (χ4n) is 4.15. The van der Waals surface area contributed by atoms with Gasteiger partial charge in [-0.15, -0.1) is 0 Å². The van der Waals surface area contributed by atoms with Crippen LogP contribution in [0.1, 0.15) is 37.8 Å². The molecule has 9 heteroatoms. The molecule has 1 aliphatic carbocycles. The van der Waals surface area contributed by atoms with Gasteiger partial charge in [0.2, 0.25) is 0 Å². The first kappa shape index (κ1) is 25.6. The standard InChI is InChI=1S/C28H28N2O7/c1-28(2,3)37-27(34)30-18-12-17(13-19(14-18)35-16-25(31)32)29-26(33)36-15-24-22-10-6-4-8-20(22)21-9-5-7-11-23(21)24/h4-14,24H,15-16H2,1-3H3,(H,29,33)(H,30,34)(H,31,32). The van der Waals surface area contributed by atoms with Crippen molar-refractivity contribution in [1.29, 1.82) is 0 Å². The predicted octanol–water partition coefficient (Wildman–Crippen LogP) is 5.86. The summed E-state index contributed by atoms with van der Waals surface area (Å²) >= 11 is 0. The van der Waals surface area contributed by atoms with Gasteiger partial charge in [0.05, 0.1) is 0 Å². The summed E-state index contributed by atoms with van der Waals surface area (Å²) in [5.41, 5.74) is 4.18. The van der Waals surface area contributed by atoms with Crippen molar-refractivity contribution < 1.29 is 33.7 Å². The van der Waals surface area contributed by atoms with E-state index in [1.165, 1.54) is 18.2 Å². The van der Waals surface area contributed by atoms with Crippen molar-refractivity contribution in [2.24, 2.45) is 0 Å². The Morgan fingerprint density at radius 1 is 0.838 bits per heavy atom. The minimum atomic E-state index is -1.17. The lowest BCUT2D eigenvalue weighted by molar-refractivity contribution is -0.139. The number of ether oxygens (including phenoxy) is 3. The third-order valence-electron chi connectivity index (χ3n) is 5.50. The molecule has 2 amide bonds. The molecule has 0 radical (unpaired) electrons. The molecule has 9 nitrogen and oxygen atoms in total. The van der Waals surface area contributed by atoms with Gasteiger partial charge in [-0.05, 0) is 49.1 Å². The summed E-state index contributed by atoms with van der Waals surface area (Å²) in [6.07, 6.45) is -1.42. The molecule has 4 rings (SSSR count). The highest BCUT2D eigenvalue weighted by molar-refractivity contribution is 5.90. The molecule has 192 valence electrons. The molecular weight excluding hydrogens is 476 g/mol. The second-order valence-corrected chi connectivity index (χ2v) is 9.51. The van der Waals surface area contributed by atoms with Gasteiger partial charge in [0.15, 0.2) is 6.61 Å². The van der Waals surface area contributed by atoms with E-state index < -0.39 is 30.4 Å². The molecule has 0 atom stereocenters. The summed E-state index contributed by atoms with van der Waals surface area (Å²) in [5, 5.41) is 14.1. The first-order valence-electron chi connectivity index (χ1n) is 11.7. The maximum absolute atomic E-state index is 12.7. The molecule has 0 spiro atoms. The lowest BCUT2D eigenvalue weighted by Crippen LogP contribution is -2.27. The van der Waals surface area contributed by atoms with Crippen LogP contribution in [0.4, 0.5) is 21.0 Å². The summed E-state index contributed by atoms with van der Waals surface area (Å²) in [6.45, 7) is 4.70. The van der Waals surface area contributed by atoms with E-state index in [1.807, 2.05) is 36.4 Å². The third-order valence-corrected chi connectivity index (χ3v) is 5.50. The Hall–Kier alpha value is -4.53. The van der Waals surface area contributed by atoms with Crippen molar-refractivity contribution in [3.05, 3.63) is 77.9 Å². The number of fused-ring (bicyclic) bond motifs is 3. The number of hydrogen-bond donors (Lipinski definition) is 3. The van der Waals surface area contributed by atoms with Gasteiger partial charge in [0.25, 0.3) is 0 Å². The average molecular weight is 505 g/mol. The molecule has 0 saturated carbocycles. The van der Waals surface area contributed by atoms with E-state index in [4.69, 9.17) is 19.3 Å². The van der Waals surface area contributed by atoms with Crippen LogP contribution in [0.2, 0.25) is 0 Å². The molecule has 37 heavy (non-hydrogen) atoms. The molecule has 0 heterocycles. The molecule has 0 aromatic heterocycles. The van der Waals surface area contributed by atoms with Crippen molar-refractivity contribution in [2.75, 3.05) is 23.8 Å². The highest BCUT2D eigenvalue weighted by Gasteiger charge is 2.29. The van der Waals surface area contributed by atoms with Crippen molar-refractivity contribution in [2.45, 2.75) is 32.3 Å². The van der Waals surface area contributed by atoms with Crippen LogP contribution in [0.25, 0.3) is 11.1 Å². The summed E-state index contributed by atoms with van der Waals surface area (Å²) in [4.78, 5) is 35.9. The zero-order valence-corrected chi connectivity index (χ0v) is 20.7. The number of carbonyl (C=O) groups excluding carboxylic acids is 2. The van der Waals surface area contributed by atoms with Crippen LogP contribution in [-0.4, -0.2) is 42.1 Å². The van der Waals surface area contributed by atoms with Gasteiger partial charge >= 0.3 is 18.2 Å². The zero-order chi connectivity index (χ0) is 26.6. The number of rotatable bonds is 7. The Kier molecular flexibility index (Phi) is 7.33. The summed E-state index contributed by atoms with van der Waals surface area (Å²) < 4.78 is 16.1. The molecule has 0 bridgehead atoms. The van der Waals surface area contributed by atoms with Crippen molar-refractivity contribution >= 4 is 29.5 Å². The van der Waals surface area contributed by atoms with Gasteiger partial charge in [-0.1, -0.05) is 48.5 Å². The Bertz CT molecular complexity index is 1280. The quantitative estimate of drug-likeness (QED) is 0.368. The predicted molar refractivity (Wildman–Crippen MR) is 138 cm³/mol. The first-order chi connectivity index (χ1) is 17.6. The molecule has 3 aromatic rings. The number of hydrogen-bond acceptors (Lipinski definition) is 6. The molecule has 3 N–H and O–H groups in total. The maximum Gasteiger partial charge on any atom is 0.412 e. The fourth-order valence-corrected chi connectivity index (χ4v) is 4.15. The maximum atomic E-state index is 12.7. The number of amides is 2. The first-order valence-corrected chi connectivity index (χ1v) is 11.7. The molecule has 0 aliphatic heterocycles. The molecule has 0 fully saturated rings. The zero-order valence-electron chi connectivity index (χ0n) is 20.7. The van der Waals surface area contributed by atoms with Gasteiger partial charge in [0.1, 0.15) is 18.0 Å². The van der Waals surface area contributed by atoms with Crippen LogP contribution in [-0.2, 0) is 14.3 Å². The highest BCUT2D eigenvalue weighted by Crippen LogP contribution is 2.44. The van der Waals surface area contributed by atoms with E-state index in [2.05, 4.69) is 22.8 Å². The average Bonchev–Trinajstić information content (AvgIpc) is 3.14. The topological polar surface area (TPSA) is 123 Å². The van der Waals surface area contributed by atoms with Gasteiger partial charge in [-0.2, -0.15) is 0 Å². The Morgan fingerprint density at radius 3 is 1.92 bits per heavy atom. The van der Waals surface area contributed by atoms with Crippen LogP contribution in [0.3, 0.4) is 0 Å². The van der Waals surface area contributed by atoms with Gasteiger partial charge < -0.3 is 19.3 Å². The molecule has 1 aliphatic rings. The van der Waals surface area contributed by atoms with E-state index >= 15 is 0 Å². The third kappa shape index (κ3) is 6.58. The smallest absolute Gasteiger partial charge is 0.412 e. The van der Waals surface area contributed by atoms with Crippen LogP contribution < -0.4 is 15.4 Å². The van der Waals surface area contributed by atoms with Crippen LogP contribution in [0.15, 0.2) is 66.7 Å². The number of carboxylic acids is 1. The van der Waals surface area contributed by atoms with Crippen LogP contribution in [0.5, 0.6) is 5.75 Å². The van der Waals surface area contributed by atoms with Crippen LogP contribution >= 0.6 is 0 Å². The second-order valence-electron chi connectivity index (χ2n) is 9.51. The van der Waals surface area contributed by atoms with Crippen molar-refractivity contribution in [1.82, 2.24) is 0 Å². The highest BCUT2D eigenvalue weighted by atomic mass is 16.6. The van der Waals surface area contributed by atoms with Crippen molar-refractivity contribution in [3.63, 3.8) is 0 Å². The molecule has 0 unspecified atom stereocenters. The summed E-state index contributed by atoms with van der Waals surface area (Å²) in [7, 11) is 0. The van der Waals surface area contributed by atoms with E-state index in [0.717, 1.165) is 22.3 Å². The Balaban J connectivity index is 1.47. The largest absolute Gasteiger partial charge is 0.482 e. The summed E-state index contributed by atoms with van der Waals surface area (Å²) in [6, 6.07) is 20.4. The number of carboxylic acid groups (broad SMARTS) is 1. The van der Waals surface area contributed by atoms with E-state index in [9.17, 15) is 14.4 Å². The Morgan fingerprint density at radius 2 is 1.38 bits per heavy atom. The lowest BCUT2D eigenvalue weighted by Gasteiger charge is -2.20. The van der Waals surface area contributed by atoms with Crippen molar-refractivity contribution in [3.8, 4) is 16.9 Å². The number of nitrogens with one attached hydrogen (secondary N) is 2. The van der Waals surface area contributed by atoms with E-state index in [1.54, 1.807) is 20.8 Å².